The Morgan fingerprint density at radius 1 is 1.24 bits per heavy atom. The van der Waals surface area contributed by atoms with Crippen molar-refractivity contribution in [3.8, 4) is 0 Å². The monoisotopic (exact) mass is 357 g/mol. The van der Waals surface area contributed by atoms with Gasteiger partial charge in [-0.2, -0.15) is 5.10 Å². The van der Waals surface area contributed by atoms with Crippen LogP contribution in [-0.4, -0.2) is 22.4 Å². The Balaban J connectivity index is 1.39. The molecule has 25 heavy (non-hydrogen) atoms. The number of rotatable bonds is 2. The van der Waals surface area contributed by atoms with E-state index >= 15 is 0 Å². The molecule has 1 atom stereocenters. The van der Waals surface area contributed by atoms with Crippen LogP contribution >= 0.6 is 0 Å². The van der Waals surface area contributed by atoms with Crippen molar-refractivity contribution in [3.05, 3.63) is 40.1 Å². The second-order valence-electron chi connectivity index (χ2n) is 6.61. The summed E-state index contributed by atoms with van der Waals surface area (Å²) in [5.74, 6) is 0. The number of hydrogen-bond acceptors (Lipinski definition) is 3. The van der Waals surface area contributed by atoms with Gasteiger partial charge in [-0.15, -0.1) is 4.36 Å². The molecule has 2 heterocycles. The van der Waals surface area contributed by atoms with Crippen molar-refractivity contribution in [1.29, 1.82) is 0 Å². The van der Waals surface area contributed by atoms with Gasteiger partial charge in [-0.25, -0.2) is 4.79 Å². The van der Waals surface area contributed by atoms with Crippen molar-refractivity contribution >= 4 is 22.6 Å². The first kappa shape index (κ1) is 15.2. The minimum Gasteiger partial charge on any atom is -0.373 e. The number of ether oxygens (including phenoxy) is 1. The van der Waals surface area contributed by atoms with Crippen molar-refractivity contribution in [2.75, 3.05) is 11.9 Å². The zero-order chi connectivity index (χ0) is 17.0. The second kappa shape index (κ2) is 5.76. The minimum absolute atomic E-state index is 0.387. The van der Waals surface area contributed by atoms with Crippen LogP contribution in [0, 0.1) is 0 Å². The SMILES string of the molecule is NS(=NC(=O)Nc1c2c(cc3c1CC3)CC2)c1cc2n(n1)CCOC2. The van der Waals surface area contributed by atoms with Crippen LogP contribution < -0.4 is 10.5 Å². The standard InChI is InChI=1S/C17H19N5O2S/c18-25(15-8-12-9-24-6-5-22(12)20-15)21-17(23)19-16-13-3-1-10(13)7-11-2-4-14(11)16/h7-8H,1-6,9H2,(H3,18,19,21,23). The number of benzene rings is 1. The van der Waals surface area contributed by atoms with Crippen LogP contribution in [0.25, 0.3) is 0 Å². The van der Waals surface area contributed by atoms with Gasteiger partial charge >= 0.3 is 6.03 Å². The molecule has 2 aromatic rings. The first-order chi connectivity index (χ1) is 12.2. The number of carbonyl (C=O) groups is 1. The lowest BCUT2D eigenvalue weighted by atomic mass is 9.76. The molecule has 0 saturated heterocycles. The highest BCUT2D eigenvalue weighted by molar-refractivity contribution is 7.85. The van der Waals surface area contributed by atoms with Crippen LogP contribution in [0.15, 0.2) is 21.5 Å². The lowest BCUT2D eigenvalue weighted by molar-refractivity contribution is 0.0799. The number of nitrogens with two attached hydrogens (primary N) is 1. The van der Waals surface area contributed by atoms with E-state index in [4.69, 9.17) is 9.88 Å². The third-order valence-electron chi connectivity index (χ3n) is 5.18. The number of nitrogens with one attached hydrogen (secondary N) is 1. The Morgan fingerprint density at radius 3 is 2.64 bits per heavy atom. The summed E-state index contributed by atoms with van der Waals surface area (Å²) in [6.45, 7) is 1.88. The van der Waals surface area contributed by atoms with E-state index in [9.17, 15) is 4.79 Å². The van der Waals surface area contributed by atoms with Crippen molar-refractivity contribution in [2.24, 2.45) is 9.50 Å². The molecular formula is C17H19N5O2S. The molecule has 1 aromatic heterocycles. The summed E-state index contributed by atoms with van der Waals surface area (Å²) >= 11 is 0. The molecule has 1 unspecified atom stereocenters. The predicted molar refractivity (Wildman–Crippen MR) is 94.4 cm³/mol. The van der Waals surface area contributed by atoms with Gasteiger partial charge in [0.05, 0.1) is 25.5 Å². The molecule has 7 nitrogen and oxygen atoms in total. The van der Waals surface area contributed by atoms with Gasteiger partial charge < -0.3 is 10.1 Å². The quantitative estimate of drug-likeness (QED) is 0.858. The molecule has 3 N–H and O–H groups in total. The zero-order valence-electron chi connectivity index (χ0n) is 13.7. The van der Waals surface area contributed by atoms with Crippen molar-refractivity contribution in [3.63, 3.8) is 0 Å². The number of hydrogen-bond donors (Lipinski definition) is 2. The van der Waals surface area contributed by atoms with Crippen LogP contribution in [-0.2, 0) is 54.4 Å². The fraction of sp³-hybridized carbons (Fsp3) is 0.412. The van der Waals surface area contributed by atoms with Crippen LogP contribution in [0.4, 0.5) is 10.5 Å². The molecule has 0 radical (unpaired) electrons. The van der Waals surface area contributed by atoms with Gasteiger partial charge in [0.25, 0.3) is 0 Å². The van der Waals surface area contributed by atoms with Crippen LogP contribution in [0.2, 0.25) is 0 Å². The zero-order valence-corrected chi connectivity index (χ0v) is 14.6. The summed E-state index contributed by atoms with van der Waals surface area (Å²) in [5, 5.41) is 14.2. The average Bonchev–Trinajstić information content (AvgIpc) is 2.96. The Hall–Kier alpha value is -2.03. The van der Waals surface area contributed by atoms with E-state index in [0.717, 1.165) is 37.1 Å². The van der Waals surface area contributed by atoms with Gasteiger partial charge in [-0.3, -0.25) is 9.82 Å². The smallest absolute Gasteiger partial charge is 0.352 e. The van der Waals surface area contributed by atoms with E-state index in [1.54, 1.807) is 0 Å². The fourth-order valence-electron chi connectivity index (χ4n) is 3.66. The number of anilines is 1. The molecule has 0 saturated carbocycles. The summed E-state index contributed by atoms with van der Waals surface area (Å²) in [6, 6.07) is 3.78. The maximum Gasteiger partial charge on any atom is 0.352 e. The number of aryl methyl sites for hydroxylation is 2. The molecule has 1 aliphatic heterocycles. The van der Waals surface area contributed by atoms with E-state index in [0.29, 0.717) is 24.8 Å². The van der Waals surface area contributed by atoms with E-state index in [1.807, 2.05) is 10.7 Å². The molecule has 0 bridgehead atoms. The number of aromatic nitrogens is 2. The minimum atomic E-state index is -1.06. The molecule has 3 aliphatic rings. The lowest BCUT2D eigenvalue weighted by Crippen LogP contribution is -2.23. The molecule has 0 spiro atoms. The number of fused-ring (bicyclic) bond motifs is 3. The predicted octanol–water partition coefficient (Wildman–Crippen LogP) is 1.88. The van der Waals surface area contributed by atoms with Gasteiger partial charge in [0, 0.05) is 16.6 Å². The summed E-state index contributed by atoms with van der Waals surface area (Å²) in [5.41, 5.74) is 7.23. The number of urea groups is 1. The normalized spacial score (nSPS) is 18.4. The highest BCUT2D eigenvalue weighted by Gasteiger charge is 2.28. The van der Waals surface area contributed by atoms with E-state index in [-0.39, 0.29) is 6.03 Å². The number of carbonyl (C=O) groups excluding carboxylic acids is 1. The van der Waals surface area contributed by atoms with Gasteiger partial charge in [-0.05, 0) is 54.0 Å². The molecule has 2 aliphatic carbocycles. The van der Waals surface area contributed by atoms with E-state index < -0.39 is 10.9 Å². The highest BCUT2D eigenvalue weighted by Crippen LogP contribution is 2.40. The highest BCUT2D eigenvalue weighted by atomic mass is 32.2. The summed E-state index contributed by atoms with van der Waals surface area (Å²) in [4.78, 5) is 12.4. The van der Waals surface area contributed by atoms with Gasteiger partial charge in [0.1, 0.15) is 5.03 Å². The first-order valence-corrected chi connectivity index (χ1v) is 9.76. The maximum absolute atomic E-state index is 12.4. The molecule has 5 rings (SSSR count). The van der Waals surface area contributed by atoms with Crippen LogP contribution in [0.1, 0.15) is 27.9 Å². The third kappa shape index (κ3) is 2.52. The summed E-state index contributed by atoms with van der Waals surface area (Å²) in [6.07, 6.45) is 4.26. The van der Waals surface area contributed by atoms with Gasteiger partial charge in [-0.1, -0.05) is 6.07 Å². The Morgan fingerprint density at radius 2 is 2.00 bits per heavy atom. The molecule has 8 heteroatoms. The van der Waals surface area contributed by atoms with Crippen molar-refractivity contribution in [1.82, 2.24) is 9.78 Å². The summed E-state index contributed by atoms with van der Waals surface area (Å²) < 4.78 is 11.4. The van der Waals surface area contributed by atoms with Crippen molar-refractivity contribution < 1.29 is 9.53 Å². The molecule has 1 aromatic carbocycles. The average molecular weight is 357 g/mol. The molecule has 130 valence electrons. The maximum atomic E-state index is 12.4. The van der Waals surface area contributed by atoms with Crippen LogP contribution in [0.5, 0.6) is 0 Å². The first-order valence-electron chi connectivity index (χ1n) is 8.51. The van der Waals surface area contributed by atoms with Crippen LogP contribution in [0.3, 0.4) is 0 Å². The topological polar surface area (TPSA) is 94.5 Å². The van der Waals surface area contributed by atoms with E-state index in [1.165, 1.54) is 22.3 Å². The fourth-order valence-corrected chi connectivity index (χ4v) is 4.41. The second-order valence-corrected chi connectivity index (χ2v) is 7.84. The Labute approximate surface area is 147 Å². The Kier molecular flexibility index (Phi) is 3.51. The van der Waals surface area contributed by atoms with E-state index in [2.05, 4.69) is 20.8 Å². The number of amides is 2. The Bertz CT molecular complexity index is 880. The molecular weight excluding hydrogens is 338 g/mol. The number of nitrogens with zero attached hydrogens (tertiary/aromatic N) is 3. The van der Waals surface area contributed by atoms with Crippen molar-refractivity contribution in [2.45, 2.75) is 43.9 Å². The van der Waals surface area contributed by atoms with Gasteiger partial charge in [0.2, 0.25) is 0 Å². The summed E-state index contributed by atoms with van der Waals surface area (Å²) in [7, 11) is -1.06. The lowest BCUT2D eigenvalue weighted by Gasteiger charge is -2.31. The third-order valence-corrected chi connectivity index (χ3v) is 6.17. The largest absolute Gasteiger partial charge is 0.373 e. The molecule has 2 amide bonds. The molecule has 0 fully saturated rings. The van der Waals surface area contributed by atoms with Gasteiger partial charge in [0.15, 0.2) is 0 Å².